The normalized spacial score (nSPS) is 14.9. The first-order valence-electron chi connectivity index (χ1n) is 13.0. The molecule has 0 aliphatic carbocycles. The third kappa shape index (κ3) is 5.49. The second kappa shape index (κ2) is 11.7. The molecule has 0 saturated carbocycles. The Labute approximate surface area is 233 Å². The first-order valence-corrected chi connectivity index (χ1v) is 13.0. The number of benzene rings is 4. The second-order valence-corrected chi connectivity index (χ2v) is 9.15. The zero-order valence-corrected chi connectivity index (χ0v) is 22.6. The lowest BCUT2D eigenvalue weighted by molar-refractivity contribution is -0.122. The first kappa shape index (κ1) is 26.4. The highest BCUT2D eigenvalue weighted by molar-refractivity contribution is 6.11. The zero-order valence-electron chi connectivity index (χ0n) is 22.6. The Morgan fingerprint density at radius 2 is 1.50 bits per heavy atom. The molecule has 0 bridgehead atoms. The number of esters is 1. The fraction of sp³-hybridized carbons (Fsp3) is 0.121. The third-order valence-electron chi connectivity index (χ3n) is 6.53. The van der Waals surface area contributed by atoms with Gasteiger partial charge < -0.3 is 14.4 Å². The maximum Gasteiger partial charge on any atom is 0.337 e. The van der Waals surface area contributed by atoms with E-state index in [2.05, 4.69) is 34.2 Å². The van der Waals surface area contributed by atoms with E-state index in [1.54, 1.807) is 24.3 Å². The number of likely N-dealkylation sites (N-methyl/N-ethyl adjacent to an activating group) is 1. The molecule has 7 nitrogen and oxygen atoms in total. The Morgan fingerprint density at radius 1 is 0.900 bits per heavy atom. The van der Waals surface area contributed by atoms with E-state index in [1.165, 1.54) is 12.0 Å². The second-order valence-electron chi connectivity index (χ2n) is 9.15. The van der Waals surface area contributed by atoms with Crippen molar-refractivity contribution in [2.24, 2.45) is 4.99 Å². The largest absolute Gasteiger partial charge is 0.465 e. The van der Waals surface area contributed by atoms with E-state index >= 15 is 0 Å². The summed E-state index contributed by atoms with van der Waals surface area (Å²) >= 11 is 0. The fourth-order valence-electron chi connectivity index (χ4n) is 4.42. The molecule has 0 spiro atoms. The van der Waals surface area contributed by atoms with Gasteiger partial charge in [0.05, 0.1) is 18.4 Å². The first-order chi connectivity index (χ1) is 19.5. The van der Waals surface area contributed by atoms with E-state index in [0.29, 0.717) is 17.8 Å². The van der Waals surface area contributed by atoms with Crippen LogP contribution < -0.4 is 4.90 Å². The number of anilines is 3. The Morgan fingerprint density at radius 3 is 2.08 bits per heavy atom. The van der Waals surface area contributed by atoms with Gasteiger partial charge >= 0.3 is 12.0 Å². The minimum absolute atomic E-state index is 0.166. The van der Waals surface area contributed by atoms with Crippen LogP contribution in [-0.2, 0) is 14.3 Å². The molecule has 7 heteroatoms. The molecule has 1 fully saturated rings. The molecule has 1 aliphatic heterocycles. The van der Waals surface area contributed by atoms with Crippen LogP contribution in [-0.4, -0.2) is 36.5 Å². The van der Waals surface area contributed by atoms with Crippen LogP contribution in [0.25, 0.3) is 6.08 Å². The van der Waals surface area contributed by atoms with Crippen LogP contribution in [0.2, 0.25) is 0 Å². The molecule has 0 N–H and O–H groups in total. The number of para-hydroxylation sites is 2. The van der Waals surface area contributed by atoms with Crippen LogP contribution in [0.3, 0.4) is 0 Å². The van der Waals surface area contributed by atoms with Crippen LogP contribution in [0.1, 0.15) is 28.4 Å². The molecule has 0 radical (unpaired) electrons. The van der Waals surface area contributed by atoms with Crippen molar-refractivity contribution in [3.8, 4) is 0 Å². The molecule has 5 rings (SSSR count). The van der Waals surface area contributed by atoms with Crippen molar-refractivity contribution in [3.63, 3.8) is 0 Å². The summed E-state index contributed by atoms with van der Waals surface area (Å²) in [5.74, 6) is -0.556. The van der Waals surface area contributed by atoms with Gasteiger partial charge in [-0.05, 0) is 79.6 Å². The molecular weight excluding hydrogens is 502 g/mol. The van der Waals surface area contributed by atoms with Crippen LogP contribution in [0.4, 0.5) is 22.7 Å². The molecule has 40 heavy (non-hydrogen) atoms. The quantitative estimate of drug-likeness (QED) is 0.187. The zero-order chi connectivity index (χ0) is 28.1. The molecule has 0 aromatic heterocycles. The summed E-state index contributed by atoms with van der Waals surface area (Å²) in [5.41, 5.74) is 5.61. The average molecular weight is 532 g/mol. The molecule has 0 unspecified atom stereocenters. The van der Waals surface area contributed by atoms with Crippen LogP contribution in [0, 0.1) is 6.92 Å². The van der Waals surface area contributed by atoms with Gasteiger partial charge in [-0.1, -0.05) is 54.6 Å². The Bertz CT molecular complexity index is 1540. The summed E-state index contributed by atoms with van der Waals surface area (Å²) in [5, 5.41) is 0. The van der Waals surface area contributed by atoms with Gasteiger partial charge in [-0.3, -0.25) is 9.69 Å². The lowest BCUT2D eigenvalue weighted by atomic mass is 10.1. The topological polar surface area (TPSA) is 71.4 Å². The van der Waals surface area contributed by atoms with Crippen molar-refractivity contribution in [1.82, 2.24) is 4.90 Å². The number of hydrogen-bond acceptors (Lipinski definition) is 6. The third-order valence-corrected chi connectivity index (χ3v) is 6.53. The highest BCUT2D eigenvalue weighted by Crippen LogP contribution is 2.34. The number of amidine groups is 1. The van der Waals surface area contributed by atoms with Gasteiger partial charge in [0.1, 0.15) is 0 Å². The van der Waals surface area contributed by atoms with Gasteiger partial charge in [-0.25, -0.2) is 4.79 Å². The maximum absolute atomic E-state index is 13.2. The SMILES string of the molecule is CCN1C(=O)C(=Cc2ccc(N(c3ccccc3)c3ccccc3)cc2)OC1=Nc1cc(C(=O)OC)ccc1C. The predicted octanol–water partition coefficient (Wildman–Crippen LogP) is 7.16. The van der Waals surface area contributed by atoms with E-state index < -0.39 is 5.97 Å². The molecule has 1 amide bonds. The smallest absolute Gasteiger partial charge is 0.337 e. The lowest BCUT2D eigenvalue weighted by Crippen LogP contribution is -2.29. The van der Waals surface area contributed by atoms with Gasteiger partial charge in [0.2, 0.25) is 0 Å². The lowest BCUT2D eigenvalue weighted by Gasteiger charge is -2.25. The number of methoxy groups -OCH3 is 1. The van der Waals surface area contributed by atoms with Crippen molar-refractivity contribution < 1.29 is 19.1 Å². The predicted molar refractivity (Wildman–Crippen MR) is 157 cm³/mol. The van der Waals surface area contributed by atoms with Crippen LogP contribution in [0.15, 0.2) is 114 Å². The summed E-state index contributed by atoms with van der Waals surface area (Å²) < 4.78 is 10.8. The highest BCUT2D eigenvalue weighted by atomic mass is 16.5. The number of aliphatic imine (C=N–C) groups is 1. The highest BCUT2D eigenvalue weighted by Gasteiger charge is 2.34. The molecule has 4 aromatic carbocycles. The minimum atomic E-state index is -0.459. The van der Waals surface area contributed by atoms with E-state index in [0.717, 1.165) is 28.2 Å². The Hall–Kier alpha value is -5.17. The van der Waals surface area contributed by atoms with E-state index in [9.17, 15) is 9.59 Å². The molecule has 4 aromatic rings. The van der Waals surface area contributed by atoms with Gasteiger partial charge in [-0.2, -0.15) is 4.99 Å². The Balaban J connectivity index is 1.44. The van der Waals surface area contributed by atoms with Crippen molar-refractivity contribution >= 4 is 46.7 Å². The van der Waals surface area contributed by atoms with Crippen molar-refractivity contribution in [3.05, 3.63) is 126 Å². The van der Waals surface area contributed by atoms with Crippen LogP contribution >= 0.6 is 0 Å². The summed E-state index contributed by atoms with van der Waals surface area (Å²) in [6.45, 7) is 4.11. The Kier molecular flexibility index (Phi) is 7.73. The number of ether oxygens (including phenoxy) is 2. The van der Waals surface area contributed by atoms with Crippen molar-refractivity contribution in [1.29, 1.82) is 0 Å². The fourth-order valence-corrected chi connectivity index (χ4v) is 4.42. The number of carbonyl (C=O) groups excluding carboxylic acids is 2. The molecule has 0 atom stereocenters. The summed E-state index contributed by atoms with van der Waals surface area (Å²) in [6, 6.07) is 33.5. The van der Waals surface area contributed by atoms with E-state index in [1.807, 2.05) is 74.5 Å². The number of nitrogens with zero attached hydrogens (tertiary/aromatic N) is 3. The molecule has 1 aliphatic rings. The van der Waals surface area contributed by atoms with Crippen LogP contribution in [0.5, 0.6) is 0 Å². The van der Waals surface area contributed by atoms with E-state index in [4.69, 9.17) is 9.47 Å². The minimum Gasteiger partial charge on any atom is -0.465 e. The van der Waals surface area contributed by atoms with Gasteiger partial charge in [0.25, 0.3) is 5.91 Å². The van der Waals surface area contributed by atoms with E-state index in [-0.39, 0.29) is 17.7 Å². The maximum atomic E-state index is 13.2. The summed E-state index contributed by atoms with van der Waals surface area (Å²) in [7, 11) is 1.33. The summed E-state index contributed by atoms with van der Waals surface area (Å²) in [6.07, 6.45) is 1.71. The van der Waals surface area contributed by atoms with Crippen molar-refractivity contribution in [2.75, 3.05) is 18.6 Å². The van der Waals surface area contributed by atoms with Gasteiger partial charge in [0, 0.05) is 23.6 Å². The number of hydrogen-bond donors (Lipinski definition) is 0. The number of carbonyl (C=O) groups is 2. The standard InChI is InChI=1S/C33H29N3O4/c1-4-35-31(37)30(40-33(35)34-29-22-25(32(38)39-3)18-15-23(29)2)21-24-16-19-28(20-17-24)36(26-11-7-5-8-12-26)27-13-9-6-10-14-27/h5-22H,4H2,1-3H3. The number of rotatable bonds is 7. The van der Waals surface area contributed by atoms with Gasteiger partial charge in [0.15, 0.2) is 5.76 Å². The molecule has 200 valence electrons. The molecule has 1 saturated heterocycles. The van der Waals surface area contributed by atoms with Gasteiger partial charge in [-0.15, -0.1) is 0 Å². The number of aryl methyl sites for hydroxylation is 1. The van der Waals surface area contributed by atoms with Crippen molar-refractivity contribution in [2.45, 2.75) is 13.8 Å². The number of amides is 1. The summed E-state index contributed by atoms with van der Waals surface area (Å²) in [4.78, 5) is 33.4. The molecular formula is C33H29N3O4. The molecule has 1 heterocycles. The monoisotopic (exact) mass is 531 g/mol. The average Bonchev–Trinajstić information content (AvgIpc) is 3.29.